The van der Waals surface area contributed by atoms with Crippen molar-refractivity contribution in [3.8, 4) is 0 Å². The van der Waals surface area contributed by atoms with Crippen LogP contribution in [0.15, 0.2) is 0 Å². The Hall–Kier alpha value is -0.280. The Morgan fingerprint density at radius 1 is 1.58 bits per heavy atom. The maximum absolute atomic E-state index is 10.7. The molecule has 72 valence electrons. The van der Waals surface area contributed by atoms with Crippen LogP contribution in [0.2, 0.25) is 0 Å². The van der Waals surface area contributed by atoms with E-state index in [1.54, 1.807) is 0 Å². The molecule has 1 unspecified atom stereocenters. The van der Waals surface area contributed by atoms with Crippen molar-refractivity contribution in [3.05, 3.63) is 0 Å². The Morgan fingerprint density at radius 2 is 2.08 bits per heavy atom. The highest BCUT2D eigenvalue weighted by Crippen LogP contribution is 2.22. The van der Waals surface area contributed by atoms with E-state index in [0.717, 1.165) is 0 Å². The van der Waals surface area contributed by atoms with Gasteiger partial charge in [0.1, 0.15) is 0 Å². The summed E-state index contributed by atoms with van der Waals surface area (Å²) in [5.41, 5.74) is -0.391. The summed E-state index contributed by atoms with van der Waals surface area (Å²) < 4.78 is 5.09. The lowest BCUT2D eigenvalue weighted by Gasteiger charge is -2.26. The van der Waals surface area contributed by atoms with E-state index >= 15 is 0 Å². The Balaban J connectivity index is 4.15. The van der Waals surface area contributed by atoms with E-state index in [4.69, 9.17) is 21.4 Å². The molecular formula is C8H15ClO3. The predicted molar refractivity (Wildman–Crippen MR) is 47.6 cm³/mol. The monoisotopic (exact) mass is 194 g/mol. The molecule has 0 bridgehead atoms. The molecule has 0 aliphatic carbocycles. The molecule has 0 saturated carbocycles. The Labute approximate surface area is 77.7 Å². The molecule has 0 spiro atoms. The van der Waals surface area contributed by atoms with E-state index in [1.807, 2.05) is 20.8 Å². The first-order valence-electron chi connectivity index (χ1n) is 3.80. The first-order valence-corrected chi connectivity index (χ1v) is 4.33. The predicted octanol–water partition coefficient (Wildman–Crippen LogP) is 1.74. The molecule has 4 heteroatoms. The molecule has 0 aromatic rings. The van der Waals surface area contributed by atoms with Crippen LogP contribution in [0.25, 0.3) is 0 Å². The van der Waals surface area contributed by atoms with Crippen LogP contribution >= 0.6 is 11.6 Å². The van der Waals surface area contributed by atoms with E-state index in [2.05, 4.69) is 0 Å². The smallest absolute Gasteiger partial charge is 0.333 e. The summed E-state index contributed by atoms with van der Waals surface area (Å²) in [5, 5.41) is 8.77. The molecule has 1 atom stereocenters. The van der Waals surface area contributed by atoms with Gasteiger partial charge in [0.25, 0.3) is 0 Å². The SMILES string of the molecule is CC(C)(C)C(OCCCl)C(=O)O. The zero-order valence-corrected chi connectivity index (χ0v) is 8.39. The number of halogens is 1. The van der Waals surface area contributed by atoms with Crippen molar-refractivity contribution in [3.63, 3.8) is 0 Å². The fourth-order valence-corrected chi connectivity index (χ4v) is 0.943. The molecule has 0 fully saturated rings. The van der Waals surface area contributed by atoms with Crippen LogP contribution < -0.4 is 0 Å². The molecule has 0 heterocycles. The minimum Gasteiger partial charge on any atom is -0.479 e. The fraction of sp³-hybridized carbons (Fsp3) is 0.875. The van der Waals surface area contributed by atoms with Gasteiger partial charge in [-0.3, -0.25) is 0 Å². The molecule has 0 aliphatic heterocycles. The summed E-state index contributed by atoms with van der Waals surface area (Å²) in [7, 11) is 0. The average Bonchev–Trinajstić information content (AvgIpc) is 1.84. The van der Waals surface area contributed by atoms with Crippen molar-refractivity contribution in [2.75, 3.05) is 12.5 Å². The molecule has 0 radical (unpaired) electrons. The van der Waals surface area contributed by atoms with Crippen molar-refractivity contribution in [2.45, 2.75) is 26.9 Å². The number of carboxylic acid groups (broad SMARTS) is 1. The molecule has 0 aliphatic rings. The average molecular weight is 195 g/mol. The molecule has 1 N–H and O–H groups in total. The first-order chi connectivity index (χ1) is 5.39. The topological polar surface area (TPSA) is 46.5 Å². The summed E-state index contributed by atoms with van der Waals surface area (Å²) in [6, 6.07) is 0. The minimum absolute atomic E-state index is 0.274. The Kier molecular flexibility index (Phi) is 4.57. The molecule has 0 aromatic carbocycles. The second-order valence-corrected chi connectivity index (χ2v) is 4.02. The largest absolute Gasteiger partial charge is 0.479 e. The van der Waals surface area contributed by atoms with Crippen molar-refractivity contribution in [1.82, 2.24) is 0 Å². The number of rotatable bonds is 4. The van der Waals surface area contributed by atoms with Crippen LogP contribution in [0.1, 0.15) is 20.8 Å². The van der Waals surface area contributed by atoms with Crippen LogP contribution in [-0.2, 0) is 9.53 Å². The van der Waals surface area contributed by atoms with E-state index in [0.29, 0.717) is 5.88 Å². The quantitative estimate of drug-likeness (QED) is 0.694. The number of hydrogen-bond donors (Lipinski definition) is 1. The normalized spacial score (nSPS) is 14.3. The lowest BCUT2D eigenvalue weighted by atomic mass is 9.89. The minimum atomic E-state index is -0.937. The maximum Gasteiger partial charge on any atom is 0.333 e. The number of ether oxygens (including phenoxy) is 1. The summed E-state index contributed by atoms with van der Waals surface area (Å²) in [6.45, 7) is 5.73. The summed E-state index contributed by atoms with van der Waals surface area (Å²) >= 11 is 5.38. The van der Waals surface area contributed by atoms with Gasteiger partial charge in [0.15, 0.2) is 6.10 Å². The van der Waals surface area contributed by atoms with Crippen molar-refractivity contribution in [2.24, 2.45) is 5.41 Å². The van der Waals surface area contributed by atoms with Gasteiger partial charge < -0.3 is 9.84 Å². The number of aliphatic carboxylic acids is 1. The van der Waals surface area contributed by atoms with E-state index in [-0.39, 0.29) is 6.61 Å². The molecule has 3 nitrogen and oxygen atoms in total. The lowest BCUT2D eigenvalue weighted by molar-refractivity contribution is -0.157. The van der Waals surface area contributed by atoms with Gasteiger partial charge in [-0.2, -0.15) is 0 Å². The van der Waals surface area contributed by atoms with Gasteiger partial charge in [0, 0.05) is 5.88 Å². The number of hydrogen-bond acceptors (Lipinski definition) is 2. The van der Waals surface area contributed by atoms with Crippen LogP contribution in [0.4, 0.5) is 0 Å². The van der Waals surface area contributed by atoms with E-state index < -0.39 is 17.5 Å². The highest BCUT2D eigenvalue weighted by Gasteiger charge is 2.31. The van der Waals surface area contributed by atoms with Gasteiger partial charge in [0.05, 0.1) is 6.61 Å². The number of carbonyl (C=O) groups is 1. The van der Waals surface area contributed by atoms with Crippen molar-refractivity contribution < 1.29 is 14.6 Å². The maximum atomic E-state index is 10.7. The Morgan fingerprint density at radius 3 is 2.33 bits per heavy atom. The highest BCUT2D eigenvalue weighted by molar-refractivity contribution is 6.17. The first kappa shape index (κ1) is 11.7. The van der Waals surface area contributed by atoms with Crippen molar-refractivity contribution >= 4 is 17.6 Å². The Bertz CT molecular complexity index is 151. The molecule has 0 amide bonds. The second kappa shape index (κ2) is 4.67. The van der Waals surface area contributed by atoms with Gasteiger partial charge in [-0.15, -0.1) is 11.6 Å². The highest BCUT2D eigenvalue weighted by atomic mass is 35.5. The van der Waals surface area contributed by atoms with Crippen LogP contribution in [0, 0.1) is 5.41 Å². The number of alkyl halides is 1. The van der Waals surface area contributed by atoms with Crippen molar-refractivity contribution in [1.29, 1.82) is 0 Å². The van der Waals surface area contributed by atoms with Crippen LogP contribution in [0.3, 0.4) is 0 Å². The zero-order chi connectivity index (χ0) is 9.78. The van der Waals surface area contributed by atoms with Gasteiger partial charge >= 0.3 is 5.97 Å². The van der Waals surface area contributed by atoms with Gasteiger partial charge in [-0.05, 0) is 5.41 Å². The fourth-order valence-electron chi connectivity index (χ4n) is 0.854. The lowest BCUT2D eigenvalue weighted by Crippen LogP contribution is -2.37. The van der Waals surface area contributed by atoms with Crippen LogP contribution in [-0.4, -0.2) is 29.7 Å². The molecule has 12 heavy (non-hydrogen) atoms. The summed E-state index contributed by atoms with van der Waals surface area (Å²) in [4.78, 5) is 10.7. The van der Waals surface area contributed by atoms with Gasteiger partial charge in [0.2, 0.25) is 0 Å². The molecule has 0 aromatic heterocycles. The zero-order valence-electron chi connectivity index (χ0n) is 7.63. The van der Waals surface area contributed by atoms with Gasteiger partial charge in [-0.25, -0.2) is 4.79 Å². The van der Waals surface area contributed by atoms with E-state index in [9.17, 15) is 4.79 Å². The summed E-state index contributed by atoms with van der Waals surface area (Å²) in [6.07, 6.45) is -0.781. The van der Waals surface area contributed by atoms with Gasteiger partial charge in [-0.1, -0.05) is 20.8 Å². The number of carboxylic acids is 1. The van der Waals surface area contributed by atoms with E-state index in [1.165, 1.54) is 0 Å². The summed E-state index contributed by atoms with van der Waals surface area (Å²) in [5.74, 6) is -0.618. The van der Waals surface area contributed by atoms with Crippen LogP contribution in [0.5, 0.6) is 0 Å². The third-order valence-corrected chi connectivity index (χ3v) is 1.53. The molecular weight excluding hydrogens is 180 g/mol. The molecule has 0 saturated heterocycles. The second-order valence-electron chi connectivity index (χ2n) is 3.64. The standard InChI is InChI=1S/C8H15ClO3/c1-8(2,3)6(7(10)11)12-5-4-9/h6H,4-5H2,1-3H3,(H,10,11). The molecule has 0 rings (SSSR count). The third-order valence-electron chi connectivity index (χ3n) is 1.37. The third kappa shape index (κ3) is 3.93.